The van der Waals surface area contributed by atoms with Crippen LogP contribution < -0.4 is 4.74 Å². The SMILES string of the molecule is Cc1cc(Oc2c(F)c(F)c(C#N)c(F)c2F)n(-c2ccc(F)cc2)n1. The summed E-state index contributed by atoms with van der Waals surface area (Å²) in [7, 11) is 0. The van der Waals surface area contributed by atoms with E-state index in [9.17, 15) is 22.0 Å². The first-order valence-corrected chi connectivity index (χ1v) is 7.10. The molecule has 0 spiro atoms. The second-order valence-corrected chi connectivity index (χ2v) is 5.19. The molecule has 3 aromatic rings. The summed E-state index contributed by atoms with van der Waals surface area (Å²) < 4.78 is 74.7. The molecule has 0 aliphatic rings. The largest absolute Gasteiger partial charge is 0.432 e. The van der Waals surface area contributed by atoms with Crippen molar-refractivity contribution in [1.29, 1.82) is 5.26 Å². The van der Waals surface area contributed by atoms with Gasteiger partial charge in [0, 0.05) is 6.07 Å². The van der Waals surface area contributed by atoms with E-state index in [1.807, 2.05) is 0 Å². The number of ether oxygens (including phenoxy) is 1. The van der Waals surface area contributed by atoms with Crippen molar-refractivity contribution in [3.05, 3.63) is 70.7 Å². The number of hydrogen-bond donors (Lipinski definition) is 0. The van der Waals surface area contributed by atoms with Gasteiger partial charge in [-0.2, -0.15) is 19.1 Å². The van der Waals surface area contributed by atoms with Gasteiger partial charge < -0.3 is 4.74 Å². The van der Waals surface area contributed by atoms with E-state index in [0.717, 1.165) is 22.9 Å². The Morgan fingerprint density at radius 1 is 0.962 bits per heavy atom. The van der Waals surface area contributed by atoms with Crippen molar-refractivity contribution in [3.63, 3.8) is 0 Å². The van der Waals surface area contributed by atoms with Gasteiger partial charge in [-0.3, -0.25) is 0 Å². The first-order valence-electron chi connectivity index (χ1n) is 7.10. The zero-order chi connectivity index (χ0) is 19.0. The van der Waals surface area contributed by atoms with Crippen molar-refractivity contribution < 1.29 is 26.7 Å². The van der Waals surface area contributed by atoms with Crippen LogP contribution >= 0.6 is 0 Å². The van der Waals surface area contributed by atoms with Crippen LogP contribution in [0, 0.1) is 47.3 Å². The lowest BCUT2D eigenvalue weighted by atomic mass is 10.2. The minimum Gasteiger partial charge on any atom is -0.432 e. The summed E-state index contributed by atoms with van der Waals surface area (Å²) in [6.07, 6.45) is 0. The topological polar surface area (TPSA) is 50.8 Å². The molecule has 0 amide bonds. The maximum atomic E-state index is 14.0. The molecule has 1 aromatic heterocycles. The van der Waals surface area contributed by atoms with Crippen molar-refractivity contribution in [2.24, 2.45) is 0 Å². The van der Waals surface area contributed by atoms with E-state index in [4.69, 9.17) is 10.00 Å². The Labute approximate surface area is 143 Å². The van der Waals surface area contributed by atoms with E-state index in [1.54, 1.807) is 6.92 Å². The molecule has 9 heteroatoms. The van der Waals surface area contributed by atoms with Crippen LogP contribution in [0.4, 0.5) is 22.0 Å². The molecule has 26 heavy (non-hydrogen) atoms. The Balaban J connectivity index is 2.12. The molecule has 0 saturated carbocycles. The van der Waals surface area contributed by atoms with Gasteiger partial charge in [-0.05, 0) is 31.2 Å². The number of nitriles is 1. The summed E-state index contributed by atoms with van der Waals surface area (Å²) in [5.74, 6) is -9.60. The second kappa shape index (κ2) is 6.48. The van der Waals surface area contributed by atoms with Crippen molar-refractivity contribution in [2.45, 2.75) is 6.92 Å². The fraction of sp³-hybridized carbons (Fsp3) is 0.0588. The van der Waals surface area contributed by atoms with E-state index in [-0.39, 0.29) is 11.6 Å². The lowest BCUT2D eigenvalue weighted by Gasteiger charge is -2.11. The summed E-state index contributed by atoms with van der Waals surface area (Å²) >= 11 is 0. The number of nitrogens with zero attached hydrogens (tertiary/aromatic N) is 3. The van der Waals surface area contributed by atoms with Crippen LogP contribution in [0.2, 0.25) is 0 Å². The summed E-state index contributed by atoms with van der Waals surface area (Å²) in [6, 6.07) is 7.19. The Kier molecular flexibility index (Phi) is 4.34. The highest BCUT2D eigenvalue weighted by atomic mass is 19.2. The van der Waals surface area contributed by atoms with Crippen LogP contribution in [0.5, 0.6) is 11.6 Å². The molecule has 0 saturated heterocycles. The normalized spacial score (nSPS) is 10.7. The van der Waals surface area contributed by atoms with Gasteiger partial charge in [0.1, 0.15) is 17.4 Å². The van der Waals surface area contributed by atoms with Crippen LogP contribution in [-0.2, 0) is 0 Å². The molecule has 0 bridgehead atoms. The molecule has 0 unspecified atom stereocenters. The maximum absolute atomic E-state index is 14.0. The van der Waals surface area contributed by atoms with Gasteiger partial charge in [0.25, 0.3) is 0 Å². The Bertz CT molecular complexity index is 1010. The molecular formula is C17H8F5N3O. The first-order chi connectivity index (χ1) is 12.3. The van der Waals surface area contributed by atoms with Crippen molar-refractivity contribution in [3.8, 4) is 23.4 Å². The third-order valence-corrected chi connectivity index (χ3v) is 3.41. The molecule has 0 fully saturated rings. The molecular weight excluding hydrogens is 357 g/mol. The monoisotopic (exact) mass is 365 g/mol. The van der Waals surface area contributed by atoms with Crippen LogP contribution in [0.25, 0.3) is 5.69 Å². The van der Waals surface area contributed by atoms with Gasteiger partial charge in [0.05, 0.1) is 11.4 Å². The zero-order valence-electron chi connectivity index (χ0n) is 13.0. The number of rotatable bonds is 3. The summed E-state index contributed by atoms with van der Waals surface area (Å²) in [4.78, 5) is 0. The lowest BCUT2D eigenvalue weighted by molar-refractivity contribution is 0.351. The van der Waals surface area contributed by atoms with Crippen LogP contribution in [0.1, 0.15) is 11.3 Å². The minimum absolute atomic E-state index is 0.268. The van der Waals surface area contributed by atoms with E-state index in [1.165, 1.54) is 18.2 Å². The second-order valence-electron chi connectivity index (χ2n) is 5.19. The zero-order valence-corrected chi connectivity index (χ0v) is 13.0. The van der Waals surface area contributed by atoms with Gasteiger partial charge in [0.15, 0.2) is 11.6 Å². The Hall–Kier alpha value is -3.41. The molecule has 0 atom stereocenters. The molecule has 4 nitrogen and oxygen atoms in total. The predicted octanol–water partition coefficient (Wildman–Crippen LogP) is 4.54. The number of halogens is 5. The van der Waals surface area contributed by atoms with Gasteiger partial charge in [-0.15, -0.1) is 0 Å². The highest BCUT2D eigenvalue weighted by Crippen LogP contribution is 2.34. The third-order valence-electron chi connectivity index (χ3n) is 3.41. The van der Waals surface area contributed by atoms with E-state index < -0.39 is 40.4 Å². The fourth-order valence-corrected chi connectivity index (χ4v) is 2.22. The molecule has 1 heterocycles. The predicted molar refractivity (Wildman–Crippen MR) is 79.3 cm³/mol. The molecule has 0 aliphatic carbocycles. The lowest BCUT2D eigenvalue weighted by Crippen LogP contribution is -2.06. The quantitative estimate of drug-likeness (QED) is 0.506. The van der Waals surface area contributed by atoms with Gasteiger partial charge in [0.2, 0.25) is 23.3 Å². The van der Waals surface area contributed by atoms with Crippen molar-refractivity contribution in [1.82, 2.24) is 9.78 Å². The highest BCUT2D eigenvalue weighted by Gasteiger charge is 2.28. The first kappa shape index (κ1) is 17.4. The minimum atomic E-state index is -1.87. The molecule has 2 aromatic carbocycles. The third kappa shape index (κ3) is 2.86. The molecule has 0 radical (unpaired) electrons. The summed E-state index contributed by atoms with van der Waals surface area (Å²) in [5, 5.41) is 12.6. The van der Waals surface area contributed by atoms with Gasteiger partial charge in [-0.25, -0.2) is 17.9 Å². The van der Waals surface area contributed by atoms with E-state index in [2.05, 4.69) is 5.10 Å². The van der Waals surface area contributed by atoms with Crippen LogP contribution in [0.15, 0.2) is 30.3 Å². The maximum Gasteiger partial charge on any atom is 0.223 e. The smallest absolute Gasteiger partial charge is 0.223 e. The fourth-order valence-electron chi connectivity index (χ4n) is 2.22. The van der Waals surface area contributed by atoms with Crippen molar-refractivity contribution >= 4 is 0 Å². The molecule has 132 valence electrons. The number of hydrogen-bond acceptors (Lipinski definition) is 3. The Morgan fingerprint density at radius 3 is 2.08 bits per heavy atom. The molecule has 0 N–H and O–H groups in total. The van der Waals surface area contributed by atoms with E-state index in [0.29, 0.717) is 5.69 Å². The standard InChI is InChI=1S/C17H8F5N3O/c1-8-6-12(25(24-8)10-4-2-9(18)3-5-10)26-17-15(21)13(19)11(7-23)14(20)16(17)22/h2-6H,1H3. The van der Waals surface area contributed by atoms with Crippen molar-refractivity contribution in [2.75, 3.05) is 0 Å². The van der Waals surface area contributed by atoms with Gasteiger partial charge in [-0.1, -0.05) is 0 Å². The number of aryl methyl sites for hydroxylation is 1. The van der Waals surface area contributed by atoms with Crippen LogP contribution in [0.3, 0.4) is 0 Å². The van der Waals surface area contributed by atoms with Gasteiger partial charge >= 0.3 is 0 Å². The number of benzene rings is 2. The van der Waals surface area contributed by atoms with E-state index >= 15 is 0 Å². The molecule has 3 rings (SSSR count). The highest BCUT2D eigenvalue weighted by molar-refractivity contribution is 5.43. The number of aromatic nitrogens is 2. The Morgan fingerprint density at radius 2 is 1.54 bits per heavy atom. The van der Waals surface area contributed by atoms with Crippen LogP contribution in [-0.4, -0.2) is 9.78 Å². The average molecular weight is 365 g/mol. The summed E-state index contributed by atoms with van der Waals surface area (Å²) in [6.45, 7) is 1.54. The molecule has 0 aliphatic heterocycles. The average Bonchev–Trinajstić information content (AvgIpc) is 2.98. The summed E-state index contributed by atoms with van der Waals surface area (Å²) in [5.41, 5.74) is -0.750.